The van der Waals surface area contributed by atoms with Crippen molar-refractivity contribution >= 4 is 29.1 Å². The van der Waals surface area contributed by atoms with Crippen molar-refractivity contribution in [1.29, 1.82) is 0 Å². The molecule has 1 fully saturated rings. The van der Waals surface area contributed by atoms with Crippen LogP contribution in [0.15, 0.2) is 24.3 Å². The molecule has 0 spiro atoms. The predicted molar refractivity (Wildman–Crippen MR) is 92.7 cm³/mol. The summed E-state index contributed by atoms with van der Waals surface area (Å²) in [4.78, 5) is 28.0. The Morgan fingerprint density at radius 1 is 1.17 bits per heavy atom. The van der Waals surface area contributed by atoms with E-state index in [1.807, 2.05) is 43.0 Å². The van der Waals surface area contributed by atoms with Crippen molar-refractivity contribution in [2.24, 2.45) is 5.92 Å². The van der Waals surface area contributed by atoms with E-state index >= 15 is 0 Å². The van der Waals surface area contributed by atoms with Crippen molar-refractivity contribution < 1.29 is 9.59 Å². The third kappa shape index (κ3) is 4.61. The maximum atomic E-state index is 12.6. The highest BCUT2D eigenvalue weighted by Crippen LogP contribution is 2.21. The van der Waals surface area contributed by atoms with E-state index in [-0.39, 0.29) is 17.7 Å². The Balaban J connectivity index is 1.97. The fourth-order valence-electron chi connectivity index (χ4n) is 2.79. The van der Waals surface area contributed by atoms with Crippen LogP contribution in [0, 0.1) is 5.92 Å². The van der Waals surface area contributed by atoms with Crippen LogP contribution in [0.5, 0.6) is 0 Å². The summed E-state index contributed by atoms with van der Waals surface area (Å²) in [6.45, 7) is 8.15. The van der Waals surface area contributed by atoms with E-state index in [0.29, 0.717) is 18.1 Å². The summed E-state index contributed by atoms with van der Waals surface area (Å²) in [7, 11) is 0. The number of hydrogen-bond acceptors (Lipinski definition) is 3. The van der Waals surface area contributed by atoms with Crippen molar-refractivity contribution in [3.05, 3.63) is 29.3 Å². The Kier molecular flexibility index (Phi) is 5.88. The molecule has 1 aliphatic rings. The third-order valence-corrected chi connectivity index (χ3v) is 4.29. The van der Waals surface area contributed by atoms with Gasteiger partial charge in [-0.1, -0.05) is 31.5 Å². The molecule has 1 heterocycles. The highest BCUT2D eigenvalue weighted by atomic mass is 35.5. The zero-order valence-electron chi connectivity index (χ0n) is 13.9. The maximum absolute atomic E-state index is 12.6. The van der Waals surface area contributed by atoms with Gasteiger partial charge in [0.2, 0.25) is 11.8 Å². The number of carbonyl (C=O) groups is 2. The summed E-state index contributed by atoms with van der Waals surface area (Å²) in [5, 5.41) is 3.48. The normalized spacial score (nSPS) is 16.4. The SMILES string of the molecule is CC(=O)N[C@@H](C(=O)N1CCN(c2cccc(Cl)c2)CC1)C(C)C. The summed E-state index contributed by atoms with van der Waals surface area (Å²) < 4.78 is 0. The van der Waals surface area contributed by atoms with E-state index < -0.39 is 6.04 Å². The lowest BCUT2D eigenvalue weighted by Gasteiger charge is -2.38. The van der Waals surface area contributed by atoms with E-state index in [4.69, 9.17) is 11.6 Å². The molecular formula is C17H24ClN3O2. The first-order valence-electron chi connectivity index (χ1n) is 7.95. The van der Waals surface area contributed by atoms with Gasteiger partial charge in [0.1, 0.15) is 6.04 Å². The van der Waals surface area contributed by atoms with Crippen LogP contribution in [0.2, 0.25) is 5.02 Å². The molecule has 2 rings (SSSR count). The molecule has 1 aromatic rings. The van der Waals surface area contributed by atoms with Crippen LogP contribution in [0.4, 0.5) is 5.69 Å². The lowest BCUT2D eigenvalue weighted by Crippen LogP contribution is -2.56. The van der Waals surface area contributed by atoms with E-state index in [1.54, 1.807) is 0 Å². The molecule has 1 aliphatic heterocycles. The molecule has 1 atom stereocenters. The molecule has 0 unspecified atom stereocenters. The molecule has 5 nitrogen and oxygen atoms in total. The molecule has 2 amide bonds. The van der Waals surface area contributed by atoms with Crippen molar-refractivity contribution in [3.63, 3.8) is 0 Å². The molecule has 23 heavy (non-hydrogen) atoms. The number of rotatable bonds is 4. The second kappa shape index (κ2) is 7.68. The van der Waals surface area contributed by atoms with Gasteiger partial charge >= 0.3 is 0 Å². The summed E-state index contributed by atoms with van der Waals surface area (Å²) in [6, 6.07) is 7.29. The molecule has 126 valence electrons. The number of amides is 2. The Bertz CT molecular complexity index is 569. The molecule has 1 aromatic carbocycles. The summed E-state index contributed by atoms with van der Waals surface area (Å²) in [6.07, 6.45) is 0. The maximum Gasteiger partial charge on any atom is 0.245 e. The van der Waals surface area contributed by atoms with E-state index in [2.05, 4.69) is 10.2 Å². The van der Waals surface area contributed by atoms with Crippen molar-refractivity contribution in [2.75, 3.05) is 31.1 Å². The predicted octanol–water partition coefficient (Wildman–Crippen LogP) is 2.15. The van der Waals surface area contributed by atoms with Crippen LogP contribution in [-0.4, -0.2) is 48.9 Å². The van der Waals surface area contributed by atoms with Gasteiger partial charge in [-0.3, -0.25) is 9.59 Å². The highest BCUT2D eigenvalue weighted by molar-refractivity contribution is 6.30. The highest BCUT2D eigenvalue weighted by Gasteiger charge is 2.30. The Labute approximate surface area is 142 Å². The number of hydrogen-bond donors (Lipinski definition) is 1. The van der Waals surface area contributed by atoms with Crippen molar-refractivity contribution in [1.82, 2.24) is 10.2 Å². The minimum absolute atomic E-state index is 0.000874. The molecule has 0 saturated carbocycles. The number of anilines is 1. The monoisotopic (exact) mass is 337 g/mol. The van der Waals surface area contributed by atoms with Crippen LogP contribution >= 0.6 is 11.6 Å². The van der Waals surface area contributed by atoms with Gasteiger partial charge in [-0.15, -0.1) is 0 Å². The van der Waals surface area contributed by atoms with E-state index in [0.717, 1.165) is 18.8 Å². The molecule has 1 N–H and O–H groups in total. The second-order valence-electron chi connectivity index (χ2n) is 6.21. The number of carbonyl (C=O) groups excluding carboxylic acids is 2. The van der Waals surface area contributed by atoms with E-state index in [1.165, 1.54) is 6.92 Å². The topological polar surface area (TPSA) is 52.7 Å². The average Bonchev–Trinajstić information content (AvgIpc) is 2.52. The molecule has 0 radical (unpaired) electrons. The number of benzene rings is 1. The zero-order valence-corrected chi connectivity index (χ0v) is 14.6. The van der Waals surface area contributed by atoms with E-state index in [9.17, 15) is 9.59 Å². The second-order valence-corrected chi connectivity index (χ2v) is 6.65. The van der Waals surface area contributed by atoms with Crippen molar-refractivity contribution in [3.8, 4) is 0 Å². The van der Waals surface area contributed by atoms with Gasteiger partial charge in [-0.25, -0.2) is 0 Å². The number of halogens is 1. The molecule has 0 aromatic heterocycles. The van der Waals surface area contributed by atoms with Gasteiger partial charge in [0.05, 0.1) is 0 Å². The van der Waals surface area contributed by atoms with Crippen LogP contribution in [-0.2, 0) is 9.59 Å². The van der Waals surface area contributed by atoms with Gasteiger partial charge in [0.25, 0.3) is 0 Å². The average molecular weight is 338 g/mol. The summed E-state index contributed by atoms with van der Waals surface area (Å²) in [5.41, 5.74) is 1.08. The summed E-state index contributed by atoms with van der Waals surface area (Å²) >= 11 is 6.04. The lowest BCUT2D eigenvalue weighted by molar-refractivity contribution is -0.137. The minimum Gasteiger partial charge on any atom is -0.368 e. The molecule has 0 bridgehead atoms. The third-order valence-electron chi connectivity index (χ3n) is 4.06. The van der Waals surface area contributed by atoms with Gasteiger partial charge in [0.15, 0.2) is 0 Å². The van der Waals surface area contributed by atoms with Gasteiger partial charge in [0, 0.05) is 43.8 Å². The first kappa shape index (κ1) is 17.6. The number of piperazine rings is 1. The Morgan fingerprint density at radius 2 is 1.83 bits per heavy atom. The summed E-state index contributed by atoms with van der Waals surface area (Å²) in [5.74, 6) is -0.104. The Hall–Kier alpha value is -1.75. The number of nitrogens with one attached hydrogen (secondary N) is 1. The van der Waals surface area contributed by atoms with Gasteiger partial charge in [-0.2, -0.15) is 0 Å². The van der Waals surface area contributed by atoms with Crippen molar-refractivity contribution in [2.45, 2.75) is 26.8 Å². The Morgan fingerprint density at radius 3 is 2.35 bits per heavy atom. The molecule has 0 aliphatic carbocycles. The quantitative estimate of drug-likeness (QED) is 0.916. The van der Waals surface area contributed by atoms with Crippen LogP contribution in [0.25, 0.3) is 0 Å². The number of nitrogens with zero attached hydrogens (tertiary/aromatic N) is 2. The smallest absolute Gasteiger partial charge is 0.245 e. The van der Waals surface area contributed by atoms with Gasteiger partial charge < -0.3 is 15.1 Å². The molecule has 6 heteroatoms. The standard InChI is InChI=1S/C17H24ClN3O2/c1-12(2)16(19-13(3)22)17(23)21-9-7-20(8-10-21)15-6-4-5-14(18)11-15/h4-6,11-12,16H,7-10H2,1-3H3,(H,19,22)/t16-/m1/s1. The first-order chi connectivity index (χ1) is 10.9. The minimum atomic E-state index is -0.454. The lowest BCUT2D eigenvalue weighted by atomic mass is 10.0. The molecular weight excluding hydrogens is 314 g/mol. The largest absolute Gasteiger partial charge is 0.368 e. The zero-order chi connectivity index (χ0) is 17.0. The van der Waals surface area contributed by atoms with Crippen LogP contribution in [0.3, 0.4) is 0 Å². The molecule has 1 saturated heterocycles. The fourth-order valence-corrected chi connectivity index (χ4v) is 2.97. The van der Waals surface area contributed by atoms with Gasteiger partial charge in [-0.05, 0) is 24.1 Å². The van der Waals surface area contributed by atoms with Crippen LogP contribution in [0.1, 0.15) is 20.8 Å². The van der Waals surface area contributed by atoms with Crippen LogP contribution < -0.4 is 10.2 Å². The first-order valence-corrected chi connectivity index (χ1v) is 8.32. The fraction of sp³-hybridized carbons (Fsp3) is 0.529.